The maximum Gasteiger partial charge on any atom is 0.329 e. The second kappa shape index (κ2) is 9.77. The van der Waals surface area contributed by atoms with Crippen molar-refractivity contribution in [2.24, 2.45) is 5.92 Å². The van der Waals surface area contributed by atoms with Crippen molar-refractivity contribution in [2.45, 2.75) is 20.3 Å². The van der Waals surface area contributed by atoms with Gasteiger partial charge in [0.15, 0.2) is 0 Å². The van der Waals surface area contributed by atoms with Gasteiger partial charge in [0.1, 0.15) is 0 Å². The Morgan fingerprint density at radius 1 is 1.36 bits per heavy atom. The van der Waals surface area contributed by atoms with E-state index in [0.29, 0.717) is 0 Å². The number of esters is 2. The van der Waals surface area contributed by atoms with Crippen LogP contribution >= 0.6 is 0 Å². The van der Waals surface area contributed by atoms with Crippen molar-refractivity contribution in [1.29, 1.82) is 0 Å². The zero-order chi connectivity index (χ0) is 11.6. The van der Waals surface area contributed by atoms with Crippen LogP contribution in [0.1, 0.15) is 20.3 Å². The molecule has 0 aromatic carbocycles. The molecule has 0 aromatic heterocycles. The van der Waals surface area contributed by atoms with E-state index in [0.717, 1.165) is 12.5 Å². The summed E-state index contributed by atoms with van der Waals surface area (Å²) in [6, 6.07) is 0. The lowest BCUT2D eigenvalue weighted by molar-refractivity contribution is -0.144. The van der Waals surface area contributed by atoms with E-state index in [1.807, 2.05) is 13.8 Å². The predicted molar refractivity (Wildman–Crippen MR) is 53.7 cm³/mol. The highest BCUT2D eigenvalue weighted by Gasteiger charge is 2.08. The van der Waals surface area contributed by atoms with E-state index in [9.17, 15) is 9.59 Å². The molecule has 0 aliphatic rings. The topological polar surface area (TPSA) is 52.6 Å². The molecule has 0 rings (SSSR count). The van der Waals surface area contributed by atoms with Crippen molar-refractivity contribution >= 4 is 11.9 Å². The number of hydrogen-bond donors (Lipinski definition) is 0. The molecule has 0 fully saturated rings. The van der Waals surface area contributed by atoms with E-state index >= 15 is 0 Å². The van der Waals surface area contributed by atoms with Gasteiger partial charge < -0.3 is 9.47 Å². The van der Waals surface area contributed by atoms with E-state index in [1.165, 1.54) is 14.2 Å². The van der Waals surface area contributed by atoms with Gasteiger partial charge in [0.2, 0.25) is 0 Å². The Hall–Kier alpha value is -1.32. The van der Waals surface area contributed by atoms with Gasteiger partial charge in [0.05, 0.1) is 20.1 Å². The van der Waals surface area contributed by atoms with Gasteiger partial charge in [0.25, 0.3) is 0 Å². The van der Waals surface area contributed by atoms with Gasteiger partial charge in [0, 0.05) is 6.08 Å². The SMILES string of the molecule is C=CC(=O)OC.CCC(C)C(=O)OC. The second-order valence-electron chi connectivity index (χ2n) is 2.56. The molecule has 0 saturated carbocycles. The highest BCUT2D eigenvalue weighted by Crippen LogP contribution is 2.00. The summed E-state index contributed by atoms with van der Waals surface area (Å²) in [6.45, 7) is 6.97. The van der Waals surface area contributed by atoms with E-state index in [1.54, 1.807) is 0 Å². The summed E-state index contributed by atoms with van der Waals surface area (Å²) in [6.07, 6.45) is 1.96. The molecule has 0 saturated heterocycles. The third-order valence-electron chi connectivity index (χ3n) is 1.58. The highest BCUT2D eigenvalue weighted by molar-refractivity contribution is 5.80. The summed E-state index contributed by atoms with van der Waals surface area (Å²) in [5.74, 6) is -0.456. The lowest BCUT2D eigenvalue weighted by atomic mass is 10.1. The molecule has 82 valence electrons. The summed E-state index contributed by atoms with van der Waals surface area (Å²) in [5.41, 5.74) is 0. The van der Waals surface area contributed by atoms with Crippen LogP contribution in [0.25, 0.3) is 0 Å². The van der Waals surface area contributed by atoms with Gasteiger partial charge in [-0.1, -0.05) is 20.4 Å². The molecule has 1 atom stereocenters. The van der Waals surface area contributed by atoms with E-state index in [4.69, 9.17) is 0 Å². The minimum absolute atomic E-state index is 0.0556. The van der Waals surface area contributed by atoms with Gasteiger partial charge in [-0.05, 0) is 6.42 Å². The predicted octanol–water partition coefficient (Wildman–Crippen LogP) is 1.55. The van der Waals surface area contributed by atoms with Crippen molar-refractivity contribution < 1.29 is 19.1 Å². The maximum atomic E-state index is 10.5. The summed E-state index contributed by atoms with van der Waals surface area (Å²) in [7, 11) is 2.72. The number of carbonyl (C=O) groups is 2. The molecular formula is C10H18O4. The number of rotatable bonds is 3. The third-order valence-corrected chi connectivity index (χ3v) is 1.58. The minimum Gasteiger partial charge on any atom is -0.469 e. The van der Waals surface area contributed by atoms with Gasteiger partial charge in [-0.2, -0.15) is 0 Å². The van der Waals surface area contributed by atoms with E-state index in [-0.39, 0.29) is 11.9 Å². The summed E-state index contributed by atoms with van der Waals surface area (Å²) in [5, 5.41) is 0. The Labute approximate surface area is 84.9 Å². The van der Waals surface area contributed by atoms with Crippen LogP contribution in [0.2, 0.25) is 0 Å². The van der Waals surface area contributed by atoms with Gasteiger partial charge in [-0.3, -0.25) is 4.79 Å². The van der Waals surface area contributed by atoms with Crippen LogP contribution in [-0.2, 0) is 19.1 Å². The molecule has 0 aromatic rings. The molecule has 0 aliphatic heterocycles. The normalized spacial score (nSPS) is 10.3. The van der Waals surface area contributed by atoms with E-state index < -0.39 is 5.97 Å². The monoisotopic (exact) mass is 202 g/mol. The molecule has 0 spiro atoms. The average Bonchev–Trinajstić information content (AvgIpc) is 2.26. The second-order valence-corrected chi connectivity index (χ2v) is 2.56. The summed E-state index contributed by atoms with van der Waals surface area (Å²) >= 11 is 0. The van der Waals surface area contributed by atoms with Crippen LogP contribution in [0.5, 0.6) is 0 Å². The molecule has 4 heteroatoms. The van der Waals surface area contributed by atoms with Gasteiger partial charge in [-0.15, -0.1) is 0 Å². The lowest BCUT2D eigenvalue weighted by Crippen LogP contribution is -2.10. The Balaban J connectivity index is 0. The zero-order valence-electron chi connectivity index (χ0n) is 9.20. The van der Waals surface area contributed by atoms with Crippen LogP contribution in [-0.4, -0.2) is 26.2 Å². The fourth-order valence-corrected chi connectivity index (χ4v) is 0.451. The molecule has 0 N–H and O–H groups in total. The van der Waals surface area contributed by atoms with Gasteiger partial charge >= 0.3 is 11.9 Å². The van der Waals surface area contributed by atoms with E-state index in [2.05, 4.69) is 16.1 Å². The van der Waals surface area contributed by atoms with Crippen LogP contribution < -0.4 is 0 Å². The zero-order valence-corrected chi connectivity index (χ0v) is 9.20. The first-order chi connectivity index (χ1) is 6.53. The molecule has 0 heterocycles. The van der Waals surface area contributed by atoms with Crippen LogP contribution in [0, 0.1) is 5.92 Å². The van der Waals surface area contributed by atoms with Crippen molar-refractivity contribution in [2.75, 3.05) is 14.2 Å². The Kier molecular flexibility index (Phi) is 10.6. The average molecular weight is 202 g/mol. The quantitative estimate of drug-likeness (QED) is 0.514. The van der Waals surface area contributed by atoms with Gasteiger partial charge in [-0.25, -0.2) is 4.79 Å². The molecule has 0 bridgehead atoms. The number of hydrogen-bond acceptors (Lipinski definition) is 4. The minimum atomic E-state index is -0.394. The molecule has 4 nitrogen and oxygen atoms in total. The molecule has 0 amide bonds. The number of carbonyl (C=O) groups excluding carboxylic acids is 2. The first kappa shape index (κ1) is 15.2. The smallest absolute Gasteiger partial charge is 0.329 e. The molecule has 0 radical (unpaired) electrons. The van der Waals surface area contributed by atoms with Crippen molar-refractivity contribution in [1.82, 2.24) is 0 Å². The van der Waals surface area contributed by atoms with Crippen molar-refractivity contribution in [3.63, 3.8) is 0 Å². The Morgan fingerprint density at radius 3 is 1.93 bits per heavy atom. The third kappa shape index (κ3) is 8.77. The maximum absolute atomic E-state index is 10.5. The van der Waals surface area contributed by atoms with Crippen LogP contribution in [0.4, 0.5) is 0 Å². The first-order valence-electron chi connectivity index (χ1n) is 4.31. The highest BCUT2D eigenvalue weighted by atomic mass is 16.5. The fraction of sp³-hybridized carbons (Fsp3) is 0.600. The largest absolute Gasteiger partial charge is 0.469 e. The summed E-state index contributed by atoms with van der Waals surface area (Å²) < 4.78 is 8.61. The van der Waals surface area contributed by atoms with Crippen molar-refractivity contribution in [3.8, 4) is 0 Å². The van der Waals surface area contributed by atoms with Crippen LogP contribution in [0.15, 0.2) is 12.7 Å². The standard InChI is InChI=1S/C6H12O2.C4H6O2/c1-4-5(2)6(7)8-3;1-3-4(5)6-2/h5H,4H2,1-3H3;3H,1H2,2H3. The first-order valence-corrected chi connectivity index (χ1v) is 4.31. The Morgan fingerprint density at radius 2 is 1.86 bits per heavy atom. The number of methoxy groups -OCH3 is 2. The molecule has 14 heavy (non-hydrogen) atoms. The molecule has 1 unspecified atom stereocenters. The fourth-order valence-electron chi connectivity index (χ4n) is 0.451. The molecular weight excluding hydrogens is 184 g/mol. The lowest BCUT2D eigenvalue weighted by Gasteiger charge is -2.02. The van der Waals surface area contributed by atoms with Crippen LogP contribution in [0.3, 0.4) is 0 Å². The van der Waals surface area contributed by atoms with Crippen molar-refractivity contribution in [3.05, 3.63) is 12.7 Å². The number of ether oxygens (including phenoxy) is 2. The Bertz CT molecular complexity index is 187. The molecule has 0 aliphatic carbocycles. The summed E-state index contributed by atoms with van der Waals surface area (Å²) in [4.78, 5) is 20.4.